The number of allylic oxidation sites excluding steroid dienone is 2. The van der Waals surface area contributed by atoms with Gasteiger partial charge in [0.05, 0.1) is 7.11 Å². The Hall–Kier alpha value is -3.37. The molecule has 3 aromatic carbocycles. The van der Waals surface area contributed by atoms with Gasteiger partial charge in [0.2, 0.25) is 0 Å². The third kappa shape index (κ3) is 5.55. The molecule has 186 valence electrons. The van der Waals surface area contributed by atoms with Crippen LogP contribution >= 0.6 is 0 Å². The highest BCUT2D eigenvalue weighted by molar-refractivity contribution is 6.35. The summed E-state index contributed by atoms with van der Waals surface area (Å²) < 4.78 is 11.4. The Morgan fingerprint density at radius 2 is 1.50 bits per heavy atom. The van der Waals surface area contributed by atoms with Crippen LogP contribution in [0, 0.1) is 0 Å². The van der Waals surface area contributed by atoms with E-state index in [0.717, 1.165) is 53.2 Å². The molecular formula is C32H35NO3. The summed E-state index contributed by atoms with van der Waals surface area (Å²) in [5.74, 6) is 1.69. The highest BCUT2D eigenvalue weighted by Gasteiger charge is 2.26. The molecule has 0 saturated carbocycles. The maximum atomic E-state index is 13.9. The molecule has 4 heteroatoms. The largest absolute Gasteiger partial charge is 0.497 e. The Balaban J connectivity index is 1.36. The fourth-order valence-electron chi connectivity index (χ4n) is 5.37. The number of aryl methyl sites for hydroxylation is 1. The van der Waals surface area contributed by atoms with Crippen molar-refractivity contribution in [3.63, 3.8) is 0 Å². The van der Waals surface area contributed by atoms with E-state index in [1.165, 1.54) is 44.3 Å². The molecule has 0 radical (unpaired) electrons. The normalized spacial score (nSPS) is 16.2. The number of Topliss-reactive ketones (excluding diaryl/α,β-unsaturated/α-hetero) is 1. The van der Waals surface area contributed by atoms with Crippen molar-refractivity contribution in [2.24, 2.45) is 0 Å². The van der Waals surface area contributed by atoms with E-state index in [1.807, 2.05) is 42.5 Å². The summed E-state index contributed by atoms with van der Waals surface area (Å²) in [7, 11) is 1.67. The minimum absolute atomic E-state index is 0.0593. The quantitative estimate of drug-likeness (QED) is 0.336. The number of ketones is 1. The number of rotatable bonds is 8. The average Bonchev–Trinajstić information content (AvgIpc) is 3.21. The van der Waals surface area contributed by atoms with Crippen LogP contribution in [0.25, 0.3) is 11.1 Å². The van der Waals surface area contributed by atoms with Crippen LogP contribution in [0.3, 0.4) is 0 Å². The van der Waals surface area contributed by atoms with Crippen LogP contribution in [0.1, 0.15) is 59.2 Å². The number of ether oxygens (including phenoxy) is 2. The lowest BCUT2D eigenvalue weighted by atomic mass is 9.79. The van der Waals surface area contributed by atoms with Crippen LogP contribution < -0.4 is 9.47 Å². The summed E-state index contributed by atoms with van der Waals surface area (Å²) in [6.45, 7) is 3.97. The van der Waals surface area contributed by atoms with Crippen molar-refractivity contribution in [1.29, 1.82) is 0 Å². The molecule has 0 N–H and O–H groups in total. The summed E-state index contributed by atoms with van der Waals surface area (Å²) in [6.07, 6.45) is 7.02. The second-order valence-corrected chi connectivity index (χ2v) is 9.70. The fraction of sp³-hybridized carbons (Fsp3) is 0.344. The Morgan fingerprint density at radius 1 is 0.806 bits per heavy atom. The first-order valence-electron chi connectivity index (χ1n) is 13.2. The summed E-state index contributed by atoms with van der Waals surface area (Å²) >= 11 is 0. The molecule has 1 heterocycles. The minimum atomic E-state index is 0.0593. The van der Waals surface area contributed by atoms with Crippen LogP contribution in [0.2, 0.25) is 0 Å². The number of hydrogen-bond donors (Lipinski definition) is 0. The molecule has 1 aliphatic carbocycles. The van der Waals surface area contributed by atoms with Gasteiger partial charge < -0.3 is 9.47 Å². The molecule has 0 aromatic heterocycles. The zero-order valence-electron chi connectivity index (χ0n) is 21.2. The number of carbonyl (C=O) groups excluding carboxylic acids is 1. The number of fused-ring (bicyclic) bond motifs is 1. The summed E-state index contributed by atoms with van der Waals surface area (Å²) in [5.41, 5.74) is 5.93. The predicted molar refractivity (Wildman–Crippen MR) is 146 cm³/mol. The first-order valence-corrected chi connectivity index (χ1v) is 13.2. The lowest BCUT2D eigenvalue weighted by Gasteiger charge is -2.23. The molecule has 0 bridgehead atoms. The second kappa shape index (κ2) is 11.6. The second-order valence-electron chi connectivity index (χ2n) is 9.70. The standard InChI is InChI=1S/C32H35NO3/c1-35-27-15-10-25(11-16-27)30-19-14-24-8-4-5-9-29(24)31(30)32(34)26-12-17-28(18-13-26)36-23-22-33-20-6-2-3-7-21-33/h4-5,8-13,15-18H,2-3,6-7,14,19-23H2,1H3. The first kappa shape index (κ1) is 24.3. The van der Waals surface area contributed by atoms with Crippen molar-refractivity contribution in [2.45, 2.75) is 38.5 Å². The summed E-state index contributed by atoms with van der Waals surface area (Å²) in [4.78, 5) is 16.4. The molecule has 5 rings (SSSR count). The van der Waals surface area contributed by atoms with Crippen LogP contribution in [0.15, 0.2) is 72.8 Å². The van der Waals surface area contributed by atoms with Crippen molar-refractivity contribution >= 4 is 16.9 Å². The van der Waals surface area contributed by atoms with E-state index in [-0.39, 0.29) is 5.78 Å². The highest BCUT2D eigenvalue weighted by atomic mass is 16.5. The van der Waals surface area contributed by atoms with E-state index in [0.29, 0.717) is 12.2 Å². The van der Waals surface area contributed by atoms with Gasteiger partial charge in [-0.25, -0.2) is 0 Å². The van der Waals surface area contributed by atoms with Crippen LogP contribution in [-0.4, -0.2) is 44.0 Å². The maximum absolute atomic E-state index is 13.9. The molecule has 3 aromatic rings. The van der Waals surface area contributed by atoms with Crippen molar-refractivity contribution < 1.29 is 14.3 Å². The molecule has 2 aliphatic rings. The van der Waals surface area contributed by atoms with Crippen molar-refractivity contribution in [2.75, 3.05) is 33.4 Å². The molecular weight excluding hydrogens is 446 g/mol. The zero-order chi connectivity index (χ0) is 24.7. The van der Waals surface area contributed by atoms with Gasteiger partial charge in [0.25, 0.3) is 0 Å². The van der Waals surface area contributed by atoms with Gasteiger partial charge in [-0.1, -0.05) is 49.2 Å². The van der Waals surface area contributed by atoms with Gasteiger partial charge in [0.15, 0.2) is 5.78 Å². The molecule has 0 spiro atoms. The smallest absolute Gasteiger partial charge is 0.193 e. The summed E-state index contributed by atoms with van der Waals surface area (Å²) in [6, 6.07) is 24.0. The molecule has 4 nitrogen and oxygen atoms in total. The Bertz CT molecular complexity index is 1200. The van der Waals surface area contributed by atoms with Gasteiger partial charge in [-0.3, -0.25) is 9.69 Å². The lowest BCUT2D eigenvalue weighted by molar-refractivity contribution is 0.105. The monoisotopic (exact) mass is 481 g/mol. The number of carbonyl (C=O) groups is 1. The van der Waals surface area contributed by atoms with E-state index >= 15 is 0 Å². The zero-order valence-corrected chi connectivity index (χ0v) is 21.2. The third-order valence-electron chi connectivity index (χ3n) is 7.39. The molecule has 1 fully saturated rings. The molecule has 1 saturated heterocycles. The number of methoxy groups -OCH3 is 1. The number of hydrogen-bond acceptors (Lipinski definition) is 4. The average molecular weight is 482 g/mol. The Morgan fingerprint density at radius 3 is 2.22 bits per heavy atom. The first-order chi connectivity index (χ1) is 17.7. The van der Waals surface area contributed by atoms with Gasteiger partial charge in [0.1, 0.15) is 18.1 Å². The Labute approximate surface area is 214 Å². The highest BCUT2D eigenvalue weighted by Crippen LogP contribution is 2.39. The van der Waals surface area contributed by atoms with Crippen molar-refractivity contribution in [3.05, 3.63) is 95.1 Å². The molecule has 0 atom stereocenters. The van der Waals surface area contributed by atoms with E-state index < -0.39 is 0 Å². The van der Waals surface area contributed by atoms with Crippen LogP contribution in [-0.2, 0) is 6.42 Å². The summed E-state index contributed by atoms with van der Waals surface area (Å²) in [5, 5.41) is 0. The third-order valence-corrected chi connectivity index (χ3v) is 7.39. The predicted octanol–water partition coefficient (Wildman–Crippen LogP) is 6.69. The van der Waals surface area contributed by atoms with Gasteiger partial charge in [-0.2, -0.15) is 0 Å². The minimum Gasteiger partial charge on any atom is -0.497 e. The van der Waals surface area contributed by atoms with Gasteiger partial charge in [-0.05, 0) is 97.4 Å². The molecule has 1 aliphatic heterocycles. The lowest BCUT2D eigenvalue weighted by Crippen LogP contribution is -2.29. The number of likely N-dealkylation sites (tertiary alicyclic amines) is 1. The van der Waals surface area contributed by atoms with Crippen molar-refractivity contribution in [3.8, 4) is 11.5 Å². The Kier molecular flexibility index (Phi) is 7.82. The SMILES string of the molecule is COc1ccc(C2=C(C(=O)c3ccc(OCCN4CCCCCC4)cc3)c3ccccc3CC2)cc1. The fourth-order valence-corrected chi connectivity index (χ4v) is 5.37. The van der Waals surface area contributed by atoms with E-state index in [4.69, 9.17) is 9.47 Å². The topological polar surface area (TPSA) is 38.8 Å². The van der Waals surface area contributed by atoms with Crippen LogP contribution in [0.5, 0.6) is 11.5 Å². The number of nitrogens with zero attached hydrogens (tertiary/aromatic N) is 1. The van der Waals surface area contributed by atoms with Gasteiger partial charge in [0, 0.05) is 17.7 Å². The van der Waals surface area contributed by atoms with Crippen molar-refractivity contribution in [1.82, 2.24) is 4.90 Å². The van der Waals surface area contributed by atoms with Gasteiger partial charge >= 0.3 is 0 Å². The van der Waals surface area contributed by atoms with E-state index in [9.17, 15) is 4.79 Å². The molecule has 0 unspecified atom stereocenters. The molecule has 36 heavy (non-hydrogen) atoms. The van der Waals surface area contributed by atoms with Gasteiger partial charge in [-0.15, -0.1) is 0 Å². The van der Waals surface area contributed by atoms with E-state index in [2.05, 4.69) is 35.2 Å². The number of benzene rings is 3. The molecule has 0 amide bonds. The van der Waals surface area contributed by atoms with Crippen LogP contribution in [0.4, 0.5) is 0 Å². The maximum Gasteiger partial charge on any atom is 0.193 e. The van der Waals surface area contributed by atoms with E-state index in [1.54, 1.807) is 7.11 Å².